The van der Waals surface area contributed by atoms with Gasteiger partial charge in [0.2, 0.25) is 0 Å². The van der Waals surface area contributed by atoms with Gasteiger partial charge in [0.1, 0.15) is 17.9 Å². The van der Waals surface area contributed by atoms with Gasteiger partial charge in [-0.1, -0.05) is 48.0 Å². The molecular formula is C20H18N2O3. The number of ketones is 1. The summed E-state index contributed by atoms with van der Waals surface area (Å²) in [5.74, 6) is -0.770. The average Bonchev–Trinajstić information content (AvgIpc) is 3.06. The highest BCUT2D eigenvalue weighted by Gasteiger charge is 2.20. The largest absolute Gasteiger partial charge is 0.454 e. The van der Waals surface area contributed by atoms with Crippen LogP contribution in [0.2, 0.25) is 0 Å². The lowest BCUT2D eigenvalue weighted by Gasteiger charge is -2.02. The molecule has 0 amide bonds. The highest BCUT2D eigenvalue weighted by atomic mass is 16.5. The van der Waals surface area contributed by atoms with Crippen LogP contribution in [0, 0.1) is 6.92 Å². The van der Waals surface area contributed by atoms with Gasteiger partial charge in [-0.3, -0.25) is 4.79 Å². The summed E-state index contributed by atoms with van der Waals surface area (Å²) in [5.41, 5.74) is 3.64. The summed E-state index contributed by atoms with van der Waals surface area (Å²) in [6.07, 6.45) is 1.63. The minimum absolute atomic E-state index is 0.208. The van der Waals surface area contributed by atoms with Crippen molar-refractivity contribution in [2.45, 2.75) is 13.8 Å². The first-order chi connectivity index (χ1) is 12.0. The molecule has 1 heterocycles. The van der Waals surface area contributed by atoms with E-state index in [9.17, 15) is 9.59 Å². The summed E-state index contributed by atoms with van der Waals surface area (Å²) >= 11 is 0. The first kappa shape index (κ1) is 16.6. The first-order valence-corrected chi connectivity index (χ1v) is 7.93. The minimum atomic E-state index is -0.563. The van der Waals surface area contributed by atoms with Crippen molar-refractivity contribution in [2.75, 3.05) is 6.61 Å². The molecule has 0 aliphatic heterocycles. The van der Waals surface area contributed by atoms with Crippen LogP contribution in [0.15, 0.2) is 60.8 Å². The Morgan fingerprint density at radius 3 is 2.36 bits per heavy atom. The Hall–Kier alpha value is -3.21. The van der Waals surface area contributed by atoms with Gasteiger partial charge in [-0.25, -0.2) is 9.48 Å². The van der Waals surface area contributed by atoms with Crippen LogP contribution in [0.3, 0.4) is 0 Å². The number of carbonyl (C=O) groups excluding carboxylic acids is 2. The van der Waals surface area contributed by atoms with Crippen LogP contribution in [0.1, 0.15) is 22.8 Å². The van der Waals surface area contributed by atoms with Crippen molar-refractivity contribution in [3.63, 3.8) is 0 Å². The van der Waals surface area contributed by atoms with Crippen LogP contribution in [-0.2, 0) is 9.53 Å². The fourth-order valence-corrected chi connectivity index (χ4v) is 2.41. The van der Waals surface area contributed by atoms with Crippen molar-refractivity contribution < 1.29 is 14.3 Å². The fraction of sp³-hybridized carbons (Fsp3) is 0.150. The van der Waals surface area contributed by atoms with Crippen LogP contribution in [0.5, 0.6) is 0 Å². The highest BCUT2D eigenvalue weighted by Crippen LogP contribution is 2.24. The zero-order valence-corrected chi connectivity index (χ0v) is 14.1. The quantitative estimate of drug-likeness (QED) is 0.669. The maximum Gasteiger partial charge on any atom is 0.342 e. The highest BCUT2D eigenvalue weighted by molar-refractivity contribution is 5.97. The molecule has 0 fully saturated rings. The molecule has 0 spiro atoms. The number of hydrogen-bond acceptors (Lipinski definition) is 4. The predicted octanol–water partition coefficient (Wildman–Crippen LogP) is 3.59. The van der Waals surface area contributed by atoms with Gasteiger partial charge in [0.25, 0.3) is 0 Å². The van der Waals surface area contributed by atoms with E-state index in [4.69, 9.17) is 4.74 Å². The smallest absolute Gasteiger partial charge is 0.342 e. The van der Waals surface area contributed by atoms with Gasteiger partial charge >= 0.3 is 5.97 Å². The molecule has 0 unspecified atom stereocenters. The summed E-state index contributed by atoms with van der Waals surface area (Å²) in [6.45, 7) is 3.14. The Labute approximate surface area is 145 Å². The monoisotopic (exact) mass is 334 g/mol. The molecule has 3 rings (SSSR count). The number of rotatable bonds is 5. The maximum absolute atomic E-state index is 12.4. The third-order valence-corrected chi connectivity index (χ3v) is 3.69. The summed E-state index contributed by atoms with van der Waals surface area (Å²) in [4.78, 5) is 23.5. The number of benzene rings is 2. The van der Waals surface area contributed by atoms with E-state index in [1.165, 1.54) is 6.92 Å². The molecule has 1 aromatic heterocycles. The SMILES string of the molecule is CC(=O)COC(=O)c1cn(-c2ccc(C)cc2)nc1-c1ccccc1. The minimum Gasteiger partial charge on any atom is -0.454 e. The van der Waals surface area contributed by atoms with Crippen molar-refractivity contribution >= 4 is 11.8 Å². The van der Waals surface area contributed by atoms with Crippen LogP contribution in [0.4, 0.5) is 0 Å². The third-order valence-electron chi connectivity index (χ3n) is 3.69. The van der Waals surface area contributed by atoms with E-state index in [-0.39, 0.29) is 12.4 Å². The molecule has 5 heteroatoms. The lowest BCUT2D eigenvalue weighted by Crippen LogP contribution is -2.11. The summed E-state index contributed by atoms with van der Waals surface area (Å²) in [6, 6.07) is 17.2. The van der Waals surface area contributed by atoms with E-state index in [0.717, 1.165) is 16.8 Å². The lowest BCUT2D eigenvalue weighted by atomic mass is 10.1. The number of aryl methyl sites for hydroxylation is 1. The van der Waals surface area contributed by atoms with Crippen LogP contribution in [0.25, 0.3) is 16.9 Å². The number of hydrogen-bond donors (Lipinski definition) is 0. The van der Waals surface area contributed by atoms with Crippen molar-refractivity contribution in [2.24, 2.45) is 0 Å². The Morgan fingerprint density at radius 1 is 1.04 bits per heavy atom. The Morgan fingerprint density at radius 2 is 1.72 bits per heavy atom. The summed E-state index contributed by atoms with van der Waals surface area (Å²) in [7, 11) is 0. The molecular weight excluding hydrogens is 316 g/mol. The van der Waals surface area contributed by atoms with E-state index in [1.54, 1.807) is 10.9 Å². The number of carbonyl (C=O) groups is 2. The molecule has 0 N–H and O–H groups in total. The average molecular weight is 334 g/mol. The normalized spacial score (nSPS) is 10.5. The lowest BCUT2D eigenvalue weighted by molar-refractivity contribution is -0.120. The maximum atomic E-state index is 12.4. The van der Waals surface area contributed by atoms with E-state index in [2.05, 4.69) is 5.10 Å². The number of nitrogens with zero attached hydrogens (tertiary/aromatic N) is 2. The van der Waals surface area contributed by atoms with Gasteiger partial charge in [0.15, 0.2) is 5.78 Å². The molecule has 0 aliphatic carbocycles. The molecule has 3 aromatic rings. The number of Topliss-reactive ketones (excluding diaryl/α,β-unsaturated/α-hetero) is 1. The number of ether oxygens (including phenoxy) is 1. The summed E-state index contributed by atoms with van der Waals surface area (Å²) in [5, 5.41) is 4.56. The topological polar surface area (TPSA) is 61.2 Å². The third kappa shape index (κ3) is 3.83. The molecule has 0 aliphatic rings. The molecule has 0 bridgehead atoms. The van der Waals surface area contributed by atoms with E-state index >= 15 is 0 Å². The number of aromatic nitrogens is 2. The van der Waals surface area contributed by atoms with E-state index < -0.39 is 5.97 Å². The zero-order chi connectivity index (χ0) is 17.8. The van der Waals surface area contributed by atoms with E-state index in [0.29, 0.717) is 11.3 Å². The Bertz CT molecular complexity index is 896. The van der Waals surface area contributed by atoms with E-state index in [1.807, 2.05) is 61.5 Å². The standard InChI is InChI=1S/C20H18N2O3/c1-14-8-10-17(11-9-14)22-12-18(20(24)25-13-15(2)23)19(21-22)16-6-4-3-5-7-16/h3-12H,13H2,1-2H3. The van der Waals surface area contributed by atoms with Crippen molar-refractivity contribution in [3.8, 4) is 16.9 Å². The Kier molecular flexibility index (Phi) is 4.75. The second-order valence-corrected chi connectivity index (χ2v) is 5.82. The van der Waals surface area contributed by atoms with Gasteiger partial charge in [0.05, 0.1) is 5.69 Å². The number of esters is 1. The Balaban J connectivity index is 2.03. The molecule has 5 nitrogen and oxygen atoms in total. The van der Waals surface area contributed by atoms with Gasteiger partial charge < -0.3 is 4.74 Å². The molecule has 0 saturated heterocycles. The van der Waals surface area contributed by atoms with Crippen LogP contribution < -0.4 is 0 Å². The molecule has 0 atom stereocenters. The van der Waals surface area contributed by atoms with Gasteiger partial charge in [-0.15, -0.1) is 0 Å². The fourth-order valence-electron chi connectivity index (χ4n) is 2.41. The summed E-state index contributed by atoms with van der Waals surface area (Å²) < 4.78 is 6.72. The van der Waals surface area contributed by atoms with Gasteiger partial charge in [-0.05, 0) is 26.0 Å². The van der Waals surface area contributed by atoms with Crippen molar-refractivity contribution in [3.05, 3.63) is 71.9 Å². The molecule has 0 radical (unpaired) electrons. The predicted molar refractivity (Wildman–Crippen MR) is 94.7 cm³/mol. The van der Waals surface area contributed by atoms with Crippen LogP contribution in [-0.4, -0.2) is 28.1 Å². The zero-order valence-electron chi connectivity index (χ0n) is 14.1. The van der Waals surface area contributed by atoms with Crippen molar-refractivity contribution in [1.29, 1.82) is 0 Å². The second kappa shape index (κ2) is 7.13. The van der Waals surface area contributed by atoms with Gasteiger partial charge in [0, 0.05) is 11.8 Å². The molecule has 25 heavy (non-hydrogen) atoms. The first-order valence-electron chi connectivity index (χ1n) is 7.93. The van der Waals surface area contributed by atoms with Crippen molar-refractivity contribution in [1.82, 2.24) is 9.78 Å². The van der Waals surface area contributed by atoms with Gasteiger partial charge in [-0.2, -0.15) is 5.10 Å². The second-order valence-electron chi connectivity index (χ2n) is 5.82. The van der Waals surface area contributed by atoms with Crippen LogP contribution >= 0.6 is 0 Å². The molecule has 2 aromatic carbocycles. The molecule has 126 valence electrons. The molecule has 0 saturated carbocycles.